The Bertz CT molecular complexity index is 584. The van der Waals surface area contributed by atoms with Gasteiger partial charge in [0.05, 0.1) is 17.3 Å². The maximum Gasteiger partial charge on any atom is 0.238 e. The predicted molar refractivity (Wildman–Crippen MR) is 85.5 cm³/mol. The second-order valence-corrected chi connectivity index (χ2v) is 6.22. The van der Waals surface area contributed by atoms with Crippen LogP contribution in [0.4, 0.5) is 5.69 Å². The topological polar surface area (TPSA) is 32.3 Å². The van der Waals surface area contributed by atoms with Gasteiger partial charge in [-0.1, -0.05) is 23.7 Å². The Balaban J connectivity index is 1.88. The lowest BCUT2D eigenvalue weighted by molar-refractivity contribution is -0.117. The Morgan fingerprint density at radius 2 is 2.20 bits per heavy atom. The third-order valence-corrected chi connectivity index (χ3v) is 3.99. The summed E-state index contributed by atoms with van der Waals surface area (Å²) >= 11 is 7.79. The summed E-state index contributed by atoms with van der Waals surface area (Å²) in [6, 6.07) is 9.67. The van der Waals surface area contributed by atoms with Crippen molar-refractivity contribution in [1.29, 1.82) is 0 Å². The summed E-state index contributed by atoms with van der Waals surface area (Å²) in [5.74, 6) is -0.0604. The molecular formula is C15H17ClN2OS. The van der Waals surface area contributed by atoms with Gasteiger partial charge in [-0.2, -0.15) is 0 Å². The summed E-state index contributed by atoms with van der Waals surface area (Å²) in [6.45, 7) is 3.07. The maximum absolute atomic E-state index is 12.0. The lowest BCUT2D eigenvalue weighted by Gasteiger charge is -2.15. The largest absolute Gasteiger partial charge is 0.324 e. The summed E-state index contributed by atoms with van der Waals surface area (Å²) < 4.78 is 0. The highest BCUT2D eigenvalue weighted by molar-refractivity contribution is 7.09. The minimum atomic E-state index is -0.0604. The van der Waals surface area contributed by atoms with E-state index in [0.717, 1.165) is 12.1 Å². The molecule has 2 aromatic rings. The van der Waals surface area contributed by atoms with E-state index in [1.54, 1.807) is 11.3 Å². The molecule has 0 unspecified atom stereocenters. The van der Waals surface area contributed by atoms with Crippen molar-refractivity contribution in [3.05, 3.63) is 51.2 Å². The zero-order valence-electron chi connectivity index (χ0n) is 11.5. The zero-order chi connectivity index (χ0) is 14.5. The van der Waals surface area contributed by atoms with Crippen LogP contribution in [0.15, 0.2) is 35.7 Å². The van der Waals surface area contributed by atoms with Gasteiger partial charge >= 0.3 is 0 Å². The van der Waals surface area contributed by atoms with Crippen LogP contribution in [0.1, 0.15) is 10.4 Å². The Morgan fingerprint density at radius 3 is 2.85 bits per heavy atom. The minimum Gasteiger partial charge on any atom is -0.324 e. The number of hydrogen-bond donors (Lipinski definition) is 1. The number of nitrogens with zero attached hydrogens (tertiary/aromatic N) is 1. The van der Waals surface area contributed by atoms with Gasteiger partial charge in [0.1, 0.15) is 0 Å². The van der Waals surface area contributed by atoms with Crippen molar-refractivity contribution < 1.29 is 4.79 Å². The molecule has 0 aliphatic rings. The summed E-state index contributed by atoms with van der Waals surface area (Å²) in [6.07, 6.45) is 0. The molecule has 20 heavy (non-hydrogen) atoms. The molecule has 0 saturated carbocycles. The van der Waals surface area contributed by atoms with E-state index in [2.05, 4.69) is 11.4 Å². The van der Waals surface area contributed by atoms with Gasteiger partial charge in [0.2, 0.25) is 5.91 Å². The monoisotopic (exact) mass is 308 g/mol. The minimum absolute atomic E-state index is 0.0604. The van der Waals surface area contributed by atoms with Gasteiger partial charge in [0.15, 0.2) is 0 Å². The van der Waals surface area contributed by atoms with Gasteiger partial charge in [-0.15, -0.1) is 11.3 Å². The number of amides is 1. The molecule has 0 aliphatic carbocycles. The number of nitrogens with one attached hydrogen (secondary N) is 1. The SMILES string of the molecule is Cc1ccc(NC(=O)CN(C)Cc2cccs2)c(Cl)c1. The van der Waals surface area contributed by atoms with Crippen LogP contribution < -0.4 is 5.32 Å². The number of aryl methyl sites for hydroxylation is 1. The molecule has 1 aromatic carbocycles. The molecule has 1 N–H and O–H groups in total. The molecule has 1 aromatic heterocycles. The first-order chi connectivity index (χ1) is 9.54. The van der Waals surface area contributed by atoms with Crippen LogP contribution in [0.3, 0.4) is 0 Å². The lowest BCUT2D eigenvalue weighted by atomic mass is 10.2. The number of carbonyl (C=O) groups is 1. The van der Waals surface area contributed by atoms with Gasteiger partial charge in [-0.25, -0.2) is 0 Å². The number of carbonyl (C=O) groups excluding carboxylic acids is 1. The van der Waals surface area contributed by atoms with Crippen LogP contribution in [0.25, 0.3) is 0 Å². The average molecular weight is 309 g/mol. The Hall–Kier alpha value is -1.36. The molecule has 2 rings (SSSR count). The molecule has 0 spiro atoms. The molecule has 0 aliphatic heterocycles. The van der Waals surface area contributed by atoms with E-state index in [0.29, 0.717) is 17.3 Å². The van der Waals surface area contributed by atoms with Crippen molar-refractivity contribution in [1.82, 2.24) is 4.90 Å². The van der Waals surface area contributed by atoms with Crippen LogP contribution >= 0.6 is 22.9 Å². The van der Waals surface area contributed by atoms with Gasteiger partial charge in [0, 0.05) is 11.4 Å². The molecule has 5 heteroatoms. The third kappa shape index (κ3) is 4.34. The van der Waals surface area contributed by atoms with Crippen molar-refractivity contribution >= 4 is 34.5 Å². The summed E-state index contributed by atoms with van der Waals surface area (Å²) in [5.41, 5.74) is 1.73. The van der Waals surface area contributed by atoms with E-state index in [9.17, 15) is 4.79 Å². The van der Waals surface area contributed by atoms with E-state index < -0.39 is 0 Å². The van der Waals surface area contributed by atoms with Crippen molar-refractivity contribution in [3.8, 4) is 0 Å². The molecule has 0 bridgehead atoms. The van der Waals surface area contributed by atoms with E-state index in [-0.39, 0.29) is 5.91 Å². The van der Waals surface area contributed by atoms with E-state index >= 15 is 0 Å². The molecule has 106 valence electrons. The predicted octanol–water partition coefficient (Wildman–Crippen LogP) is 3.78. The number of rotatable bonds is 5. The molecule has 1 amide bonds. The number of thiophene rings is 1. The number of benzene rings is 1. The van der Waals surface area contributed by atoms with Crippen molar-refractivity contribution in [2.24, 2.45) is 0 Å². The lowest BCUT2D eigenvalue weighted by Crippen LogP contribution is -2.29. The highest BCUT2D eigenvalue weighted by atomic mass is 35.5. The molecule has 0 radical (unpaired) electrons. The van der Waals surface area contributed by atoms with Crippen LogP contribution in [-0.2, 0) is 11.3 Å². The molecule has 0 saturated heterocycles. The fourth-order valence-electron chi connectivity index (χ4n) is 1.88. The van der Waals surface area contributed by atoms with Gasteiger partial charge in [-0.3, -0.25) is 9.69 Å². The standard InChI is InChI=1S/C15H17ClN2OS/c1-11-5-6-14(13(16)8-11)17-15(19)10-18(2)9-12-4-3-7-20-12/h3-8H,9-10H2,1-2H3,(H,17,19). The zero-order valence-corrected chi connectivity index (χ0v) is 13.1. The van der Waals surface area contributed by atoms with Crippen molar-refractivity contribution in [3.63, 3.8) is 0 Å². The number of anilines is 1. The second-order valence-electron chi connectivity index (χ2n) is 4.78. The summed E-state index contributed by atoms with van der Waals surface area (Å²) in [4.78, 5) is 15.2. The highest BCUT2D eigenvalue weighted by Crippen LogP contribution is 2.22. The highest BCUT2D eigenvalue weighted by Gasteiger charge is 2.09. The van der Waals surface area contributed by atoms with Gasteiger partial charge in [-0.05, 0) is 43.1 Å². The summed E-state index contributed by atoms with van der Waals surface area (Å²) in [5, 5.41) is 5.44. The molecule has 1 heterocycles. The molecular weight excluding hydrogens is 292 g/mol. The van der Waals surface area contributed by atoms with Crippen LogP contribution in [0.5, 0.6) is 0 Å². The Kier molecular flexibility index (Phi) is 5.17. The van der Waals surface area contributed by atoms with Crippen LogP contribution in [0, 0.1) is 6.92 Å². The third-order valence-electron chi connectivity index (χ3n) is 2.82. The second kappa shape index (κ2) is 6.88. The number of halogens is 1. The maximum atomic E-state index is 12.0. The van der Waals surface area contributed by atoms with E-state index in [1.165, 1.54) is 4.88 Å². The molecule has 3 nitrogen and oxygen atoms in total. The first kappa shape index (κ1) is 15.0. The van der Waals surface area contributed by atoms with Crippen molar-refractivity contribution in [2.75, 3.05) is 18.9 Å². The Morgan fingerprint density at radius 1 is 1.40 bits per heavy atom. The smallest absolute Gasteiger partial charge is 0.238 e. The fourth-order valence-corrected chi connectivity index (χ4v) is 2.95. The first-order valence-electron chi connectivity index (χ1n) is 6.31. The van der Waals surface area contributed by atoms with Gasteiger partial charge in [0.25, 0.3) is 0 Å². The van der Waals surface area contributed by atoms with E-state index in [1.807, 2.05) is 48.5 Å². The number of likely N-dealkylation sites (N-methyl/N-ethyl adjacent to an activating group) is 1. The molecule has 0 fully saturated rings. The summed E-state index contributed by atoms with van der Waals surface area (Å²) in [7, 11) is 1.93. The first-order valence-corrected chi connectivity index (χ1v) is 7.57. The quantitative estimate of drug-likeness (QED) is 0.911. The number of hydrogen-bond acceptors (Lipinski definition) is 3. The van der Waals surface area contributed by atoms with Gasteiger partial charge < -0.3 is 5.32 Å². The fraction of sp³-hybridized carbons (Fsp3) is 0.267. The average Bonchev–Trinajstić information content (AvgIpc) is 2.85. The van der Waals surface area contributed by atoms with Crippen LogP contribution in [-0.4, -0.2) is 24.4 Å². The normalized spacial score (nSPS) is 10.8. The van der Waals surface area contributed by atoms with Crippen LogP contribution in [0.2, 0.25) is 5.02 Å². The van der Waals surface area contributed by atoms with Crippen molar-refractivity contribution in [2.45, 2.75) is 13.5 Å². The Labute approximate surface area is 128 Å². The van der Waals surface area contributed by atoms with E-state index in [4.69, 9.17) is 11.6 Å². The molecule has 0 atom stereocenters.